The molecule has 0 aliphatic carbocycles. The van der Waals surface area contributed by atoms with E-state index in [0.717, 1.165) is 32.6 Å². The normalized spacial score (nSPS) is 19.7. The average molecular weight is 252 g/mol. The molecule has 0 aromatic heterocycles. The molecule has 1 aromatic rings. The molecule has 1 unspecified atom stereocenters. The van der Waals surface area contributed by atoms with E-state index in [4.69, 9.17) is 0 Å². The molecule has 1 saturated heterocycles. The molecule has 3 nitrogen and oxygen atoms in total. The Kier molecular flexibility index (Phi) is 4.19. The van der Waals surface area contributed by atoms with Gasteiger partial charge in [0, 0.05) is 25.2 Å². The maximum Gasteiger partial charge on any atom is 0.146 e. The Morgan fingerprint density at radius 1 is 1.22 bits per heavy atom. The highest BCUT2D eigenvalue weighted by Gasteiger charge is 2.20. The largest absolute Gasteiger partial charge is 0.389 e. The Bertz CT molecular complexity index is 409. The first-order chi connectivity index (χ1) is 8.59. The Balaban J connectivity index is 2.31. The molecule has 18 heavy (non-hydrogen) atoms. The molecule has 4 heteroatoms. The third-order valence-corrected chi connectivity index (χ3v) is 3.50. The summed E-state index contributed by atoms with van der Waals surface area (Å²) in [5.41, 5.74) is 1.25. The number of benzene rings is 1. The lowest BCUT2D eigenvalue weighted by molar-refractivity contribution is 0.199. The summed E-state index contributed by atoms with van der Waals surface area (Å²) in [6, 6.07) is 4.93. The van der Waals surface area contributed by atoms with Crippen LogP contribution in [0.25, 0.3) is 0 Å². The summed E-state index contributed by atoms with van der Waals surface area (Å²) in [7, 11) is 2.08. The van der Waals surface area contributed by atoms with E-state index in [1.807, 2.05) is 0 Å². The molecule has 1 aliphatic rings. The summed E-state index contributed by atoms with van der Waals surface area (Å²) in [5.74, 6) is -0.238. The van der Waals surface area contributed by atoms with Gasteiger partial charge < -0.3 is 14.9 Å². The SMILES string of the molecule is CC(O)c1cccc(F)c1N1CCCN(C)CC1. The molecular formula is C14H21FN2O. The lowest BCUT2D eigenvalue weighted by Gasteiger charge is -2.26. The number of nitrogens with zero attached hydrogens (tertiary/aromatic N) is 2. The fourth-order valence-electron chi connectivity index (χ4n) is 2.47. The predicted molar refractivity (Wildman–Crippen MR) is 71.4 cm³/mol. The van der Waals surface area contributed by atoms with Gasteiger partial charge in [0.2, 0.25) is 0 Å². The first-order valence-corrected chi connectivity index (χ1v) is 6.49. The molecule has 0 bridgehead atoms. The predicted octanol–water partition coefficient (Wildman–Crippen LogP) is 2.02. The second-order valence-corrected chi connectivity index (χ2v) is 5.00. The molecular weight excluding hydrogens is 231 g/mol. The molecule has 1 aromatic carbocycles. The van der Waals surface area contributed by atoms with Crippen molar-refractivity contribution in [3.05, 3.63) is 29.6 Å². The van der Waals surface area contributed by atoms with Crippen molar-refractivity contribution in [3.8, 4) is 0 Å². The van der Waals surface area contributed by atoms with Crippen LogP contribution in [0, 0.1) is 5.82 Å². The summed E-state index contributed by atoms with van der Waals surface area (Å²) < 4.78 is 14.1. The Labute approximate surface area is 108 Å². The number of halogens is 1. The topological polar surface area (TPSA) is 26.7 Å². The van der Waals surface area contributed by atoms with E-state index >= 15 is 0 Å². The summed E-state index contributed by atoms with van der Waals surface area (Å²) in [6.45, 7) is 5.28. The first-order valence-electron chi connectivity index (χ1n) is 6.49. The summed E-state index contributed by atoms with van der Waals surface area (Å²) in [4.78, 5) is 4.31. The molecule has 0 saturated carbocycles. The van der Waals surface area contributed by atoms with Crippen LogP contribution < -0.4 is 4.90 Å². The van der Waals surface area contributed by atoms with Crippen molar-refractivity contribution in [3.63, 3.8) is 0 Å². The van der Waals surface area contributed by atoms with E-state index in [1.54, 1.807) is 19.1 Å². The number of aliphatic hydroxyl groups excluding tert-OH is 1. The maximum atomic E-state index is 14.1. The van der Waals surface area contributed by atoms with Crippen LogP contribution in [-0.2, 0) is 0 Å². The lowest BCUT2D eigenvalue weighted by Crippen LogP contribution is -2.30. The first kappa shape index (κ1) is 13.3. The van der Waals surface area contributed by atoms with E-state index in [-0.39, 0.29) is 5.82 Å². The maximum absolute atomic E-state index is 14.1. The van der Waals surface area contributed by atoms with Gasteiger partial charge in [-0.3, -0.25) is 0 Å². The van der Waals surface area contributed by atoms with Crippen LogP contribution in [0.2, 0.25) is 0 Å². The molecule has 2 rings (SSSR count). The third kappa shape index (κ3) is 2.82. The number of para-hydroxylation sites is 1. The zero-order chi connectivity index (χ0) is 13.1. The summed E-state index contributed by atoms with van der Waals surface area (Å²) >= 11 is 0. The lowest BCUT2D eigenvalue weighted by atomic mass is 10.1. The molecule has 1 heterocycles. The number of anilines is 1. The van der Waals surface area contributed by atoms with Crippen molar-refractivity contribution < 1.29 is 9.50 Å². The van der Waals surface area contributed by atoms with Crippen molar-refractivity contribution in [2.24, 2.45) is 0 Å². The molecule has 1 N–H and O–H groups in total. The standard InChI is InChI=1S/C14H21FN2O/c1-11(18)12-5-3-6-13(15)14(12)17-8-4-7-16(2)9-10-17/h3,5-6,11,18H,4,7-10H2,1-2H3. The quantitative estimate of drug-likeness (QED) is 0.872. The number of hydrogen-bond acceptors (Lipinski definition) is 3. The average Bonchev–Trinajstić information content (AvgIpc) is 2.53. The van der Waals surface area contributed by atoms with Gasteiger partial charge in [-0.15, -0.1) is 0 Å². The van der Waals surface area contributed by atoms with Gasteiger partial charge in [0.05, 0.1) is 11.8 Å². The highest BCUT2D eigenvalue weighted by Crippen LogP contribution is 2.29. The van der Waals surface area contributed by atoms with Crippen molar-refractivity contribution in [1.29, 1.82) is 0 Å². The summed E-state index contributed by atoms with van der Waals surface area (Å²) in [5, 5.41) is 9.78. The fraction of sp³-hybridized carbons (Fsp3) is 0.571. The molecule has 1 atom stereocenters. The van der Waals surface area contributed by atoms with Crippen LogP contribution in [0.15, 0.2) is 18.2 Å². The highest BCUT2D eigenvalue weighted by molar-refractivity contribution is 5.56. The molecule has 0 radical (unpaired) electrons. The summed E-state index contributed by atoms with van der Waals surface area (Å²) in [6.07, 6.45) is 0.376. The van der Waals surface area contributed by atoms with E-state index in [1.165, 1.54) is 6.07 Å². The fourth-order valence-corrected chi connectivity index (χ4v) is 2.47. The molecule has 1 aliphatic heterocycles. The van der Waals surface area contributed by atoms with Gasteiger partial charge in [-0.25, -0.2) is 4.39 Å². The zero-order valence-corrected chi connectivity index (χ0v) is 11.1. The molecule has 0 amide bonds. The highest BCUT2D eigenvalue weighted by atomic mass is 19.1. The van der Waals surface area contributed by atoms with Gasteiger partial charge in [0.1, 0.15) is 5.82 Å². The Morgan fingerprint density at radius 2 is 2.00 bits per heavy atom. The number of aliphatic hydroxyl groups is 1. The van der Waals surface area contributed by atoms with Gasteiger partial charge in [0.15, 0.2) is 0 Å². The van der Waals surface area contributed by atoms with Crippen LogP contribution >= 0.6 is 0 Å². The Morgan fingerprint density at radius 3 is 2.72 bits per heavy atom. The minimum absolute atomic E-state index is 0.238. The van der Waals surface area contributed by atoms with Crippen molar-refractivity contribution >= 4 is 5.69 Å². The minimum atomic E-state index is -0.642. The number of rotatable bonds is 2. The Hall–Kier alpha value is -1.13. The van der Waals surface area contributed by atoms with Gasteiger partial charge >= 0.3 is 0 Å². The van der Waals surface area contributed by atoms with Crippen LogP contribution in [0.3, 0.4) is 0 Å². The van der Waals surface area contributed by atoms with Crippen LogP contribution in [0.5, 0.6) is 0 Å². The number of likely N-dealkylation sites (N-methyl/N-ethyl adjacent to an activating group) is 1. The van der Waals surface area contributed by atoms with Crippen LogP contribution in [0.4, 0.5) is 10.1 Å². The second-order valence-electron chi connectivity index (χ2n) is 5.00. The van der Waals surface area contributed by atoms with E-state index in [2.05, 4.69) is 16.8 Å². The van der Waals surface area contributed by atoms with E-state index in [9.17, 15) is 9.50 Å². The molecule has 0 spiro atoms. The van der Waals surface area contributed by atoms with Gasteiger partial charge in [0.25, 0.3) is 0 Å². The van der Waals surface area contributed by atoms with Crippen LogP contribution in [-0.4, -0.2) is 43.2 Å². The second kappa shape index (κ2) is 5.67. The van der Waals surface area contributed by atoms with E-state index < -0.39 is 6.10 Å². The monoisotopic (exact) mass is 252 g/mol. The van der Waals surface area contributed by atoms with Crippen molar-refractivity contribution in [1.82, 2.24) is 4.90 Å². The van der Waals surface area contributed by atoms with Crippen molar-refractivity contribution in [2.75, 3.05) is 38.1 Å². The molecule has 1 fully saturated rings. The van der Waals surface area contributed by atoms with Crippen LogP contribution in [0.1, 0.15) is 25.0 Å². The van der Waals surface area contributed by atoms with Gasteiger partial charge in [-0.1, -0.05) is 12.1 Å². The third-order valence-electron chi connectivity index (χ3n) is 3.50. The van der Waals surface area contributed by atoms with E-state index in [0.29, 0.717) is 11.3 Å². The van der Waals surface area contributed by atoms with Crippen molar-refractivity contribution in [2.45, 2.75) is 19.4 Å². The number of hydrogen-bond donors (Lipinski definition) is 1. The van der Waals surface area contributed by atoms with Gasteiger partial charge in [-0.05, 0) is 33.0 Å². The molecule has 100 valence electrons. The zero-order valence-electron chi connectivity index (χ0n) is 11.1. The smallest absolute Gasteiger partial charge is 0.146 e. The minimum Gasteiger partial charge on any atom is -0.389 e. The van der Waals surface area contributed by atoms with Gasteiger partial charge in [-0.2, -0.15) is 0 Å².